The van der Waals surface area contributed by atoms with Crippen molar-refractivity contribution in [1.82, 2.24) is 29.9 Å². The molecule has 3 fully saturated rings. The highest BCUT2D eigenvalue weighted by atomic mass is 79.9. The normalized spacial score (nSPS) is 19.0. The molecule has 4 bridgehead atoms. The third kappa shape index (κ3) is 12.8. The van der Waals surface area contributed by atoms with Gasteiger partial charge in [-0.05, 0) is 76.9 Å². The van der Waals surface area contributed by atoms with Crippen LogP contribution in [0.4, 0.5) is 70.6 Å². The van der Waals surface area contributed by atoms with E-state index in [1.807, 2.05) is 37.5 Å². The van der Waals surface area contributed by atoms with Gasteiger partial charge in [-0.2, -0.15) is 26.3 Å². The summed E-state index contributed by atoms with van der Waals surface area (Å²) in [5, 5.41) is 5.36. The van der Waals surface area contributed by atoms with E-state index >= 15 is 0 Å². The second-order valence-electron chi connectivity index (χ2n) is 21.0. The van der Waals surface area contributed by atoms with Gasteiger partial charge in [0, 0.05) is 61.5 Å². The molecule has 11 heterocycles. The van der Waals surface area contributed by atoms with Crippen molar-refractivity contribution in [2.24, 2.45) is 11.8 Å². The third-order valence-electron chi connectivity index (χ3n) is 14.7. The number of urea groups is 2. The Morgan fingerprint density at radius 1 is 0.707 bits per heavy atom. The fourth-order valence-corrected chi connectivity index (χ4v) is 10.3. The van der Waals surface area contributed by atoms with Crippen LogP contribution in [0, 0.1) is 11.8 Å². The van der Waals surface area contributed by atoms with Crippen LogP contribution >= 0.6 is 39.1 Å². The first kappa shape index (κ1) is 59.7. The molecule has 3 saturated heterocycles. The van der Waals surface area contributed by atoms with Crippen molar-refractivity contribution >= 4 is 110 Å². The number of hydrogen-bond donors (Lipinski definition) is 2. The smallest absolute Gasteiger partial charge is 0.452 e. The number of anilines is 6. The number of nitrogens with one attached hydrogen (secondary N) is 2. The predicted molar refractivity (Wildman–Crippen MR) is 295 cm³/mol. The predicted octanol–water partition coefficient (Wildman–Crippen LogP) is 11.5. The molecule has 30 heteroatoms. The van der Waals surface area contributed by atoms with Gasteiger partial charge in [-0.25, -0.2) is 39.5 Å². The number of alkyl halides is 6. The summed E-state index contributed by atoms with van der Waals surface area (Å²) >= 11 is 15.8. The number of carbonyl (C=O) groups is 4. The molecule has 4 atom stereocenters. The number of aromatic nitrogens is 6. The van der Waals surface area contributed by atoms with Crippen molar-refractivity contribution < 1.29 is 63.7 Å². The van der Waals surface area contributed by atoms with Gasteiger partial charge in [0.15, 0.2) is 47.4 Å². The lowest BCUT2D eigenvalue weighted by Gasteiger charge is -2.36. The molecule has 82 heavy (non-hydrogen) atoms. The van der Waals surface area contributed by atoms with Crippen molar-refractivity contribution in [1.29, 1.82) is 0 Å². The van der Waals surface area contributed by atoms with Gasteiger partial charge in [0.1, 0.15) is 23.0 Å². The van der Waals surface area contributed by atoms with Gasteiger partial charge < -0.3 is 27.9 Å². The first-order valence-corrected chi connectivity index (χ1v) is 27.1. The Morgan fingerprint density at radius 3 is 1.61 bits per heavy atom. The number of pyridine rings is 4. The molecule has 0 radical (unpaired) electrons. The standard InChI is InChI=1S/C23H20ClF3N6O3.C20H18BrClF3N5O2.C9H14BNO3/c1-12(23(25,26)27)6-17(34)20-15(24)8-16-21(31-20)33(14-3-5-32(16)10-14)22(35)30-19-7-13(2-4-29-19)18-9-28-11-36-18;1-10(20(23,24)25)6-15(31)17-13(22)8-14-18(28-17)30(12-3-5-29(14)9-12)19(32)27-16-7-11(21)2-4-26-16;1-8(2)9(3,4)14-10(13-8)7-5-11-6-12-7/h2,4,7-9,11-12,14H,3,5-6,10H2,1H3,(H,29,30,35);2,4,7-8,10,12H,3,5-6,9H2,1H3,(H,26,27,32);5-6H,1-4H3/t12-,14-;10-,12-;/m00./s1. The summed E-state index contributed by atoms with van der Waals surface area (Å²) < 4.78 is 100. The SMILES string of the molecule is CC1(C)OB(c2cnco2)OC1(C)C.C[C@@H](CC(=O)c1nc2c(cc1Cl)N1CC[C@@H](C1)N2C(=O)Nc1cc(-c2cnco2)ccn1)C(F)(F)F.C[C@@H](CC(=O)c1nc2c(cc1Cl)N1CC[C@@H](C1)N2C(=O)Nc1cc(Br)ccn1)C(F)(F)F. The molecule has 6 aromatic rings. The van der Waals surface area contributed by atoms with E-state index in [1.165, 1.54) is 53.3 Å². The van der Waals surface area contributed by atoms with Crippen molar-refractivity contribution in [3.8, 4) is 11.3 Å². The Balaban J connectivity index is 0.000000161. The highest BCUT2D eigenvalue weighted by molar-refractivity contribution is 9.10. The van der Waals surface area contributed by atoms with Crippen LogP contribution in [0.1, 0.15) is 88.2 Å². The number of carbonyl (C=O) groups excluding carboxylic acids is 4. The zero-order valence-corrected chi connectivity index (χ0v) is 47.7. The van der Waals surface area contributed by atoms with Crippen molar-refractivity contribution in [2.75, 3.05) is 56.4 Å². The summed E-state index contributed by atoms with van der Waals surface area (Å²) in [7, 11) is -0.442. The second-order valence-corrected chi connectivity index (χ2v) is 22.7. The monoisotopic (exact) mass is 1250 g/mol. The van der Waals surface area contributed by atoms with Crippen LogP contribution in [0.15, 0.2) is 87.3 Å². The van der Waals surface area contributed by atoms with Crippen LogP contribution in [-0.2, 0) is 9.31 Å². The van der Waals surface area contributed by atoms with Gasteiger partial charge in [-0.15, -0.1) is 0 Å². The van der Waals surface area contributed by atoms with Gasteiger partial charge >= 0.3 is 31.5 Å². The molecular weight excluding hydrogens is 1200 g/mol. The number of rotatable bonds is 10. The Kier molecular flexibility index (Phi) is 17.1. The van der Waals surface area contributed by atoms with E-state index in [1.54, 1.807) is 30.5 Å². The Labute approximate surface area is 483 Å². The summed E-state index contributed by atoms with van der Waals surface area (Å²) in [6.45, 7) is 12.3. The highest BCUT2D eigenvalue weighted by Crippen LogP contribution is 2.44. The first-order chi connectivity index (χ1) is 38.6. The van der Waals surface area contributed by atoms with Gasteiger partial charge in [-0.1, -0.05) is 53.0 Å². The second kappa shape index (κ2) is 23.4. The van der Waals surface area contributed by atoms with Crippen molar-refractivity contribution in [3.63, 3.8) is 0 Å². The number of fused-ring (bicyclic) bond motifs is 8. The van der Waals surface area contributed by atoms with Crippen LogP contribution < -0.4 is 35.9 Å². The average molecular weight is 1250 g/mol. The number of nitrogens with zero attached hydrogens (tertiary/aromatic N) is 10. The van der Waals surface area contributed by atoms with Crippen molar-refractivity contribution in [2.45, 2.75) is 103 Å². The minimum Gasteiger partial charge on any atom is -0.452 e. The van der Waals surface area contributed by atoms with E-state index in [4.69, 9.17) is 41.3 Å². The summed E-state index contributed by atoms with van der Waals surface area (Å²) in [5.74, 6) is -3.96. The molecule has 0 spiro atoms. The minimum absolute atomic E-state index is 0.0394. The molecular formula is C52H52BBrCl2F6N12O8. The lowest BCUT2D eigenvalue weighted by Crippen LogP contribution is -2.48. The lowest BCUT2D eigenvalue weighted by atomic mass is 9.87. The van der Waals surface area contributed by atoms with Gasteiger partial charge in [0.2, 0.25) is 0 Å². The van der Waals surface area contributed by atoms with Gasteiger partial charge in [-0.3, -0.25) is 30.0 Å². The molecule has 20 nitrogen and oxygen atoms in total. The van der Waals surface area contributed by atoms with E-state index in [-0.39, 0.29) is 62.2 Å². The fourth-order valence-electron chi connectivity index (χ4n) is 9.47. The highest BCUT2D eigenvalue weighted by Gasteiger charge is 2.53. The Morgan fingerprint density at radius 2 is 1.17 bits per heavy atom. The summed E-state index contributed by atoms with van der Waals surface area (Å²) in [6.07, 6.45) is -0.474. The molecule has 2 N–H and O–H groups in total. The molecule has 6 aromatic heterocycles. The average Bonchev–Trinajstić information content (AvgIpc) is 4.34. The first-order valence-electron chi connectivity index (χ1n) is 25.6. The van der Waals surface area contributed by atoms with E-state index in [2.05, 4.69) is 56.5 Å². The maximum Gasteiger partial charge on any atom is 0.534 e. The molecule has 5 aliphatic rings. The van der Waals surface area contributed by atoms with Crippen LogP contribution in [0.25, 0.3) is 11.3 Å². The molecule has 0 saturated carbocycles. The topological polar surface area (TPSA) is 227 Å². The van der Waals surface area contributed by atoms with Crippen LogP contribution in [0.2, 0.25) is 10.0 Å². The molecule has 434 valence electrons. The maximum absolute atomic E-state index is 13.4. The largest absolute Gasteiger partial charge is 0.534 e. The van der Waals surface area contributed by atoms with E-state index < -0.39 is 67.8 Å². The minimum atomic E-state index is -4.53. The fraction of sp³-hybridized carbons (Fsp3) is 0.423. The van der Waals surface area contributed by atoms with Crippen LogP contribution in [0.3, 0.4) is 0 Å². The number of hydrogen-bond acceptors (Lipinski definition) is 16. The van der Waals surface area contributed by atoms with E-state index in [0.29, 0.717) is 73.2 Å². The zero-order valence-electron chi connectivity index (χ0n) is 44.6. The third-order valence-corrected chi connectivity index (χ3v) is 15.8. The lowest BCUT2D eigenvalue weighted by molar-refractivity contribution is -0.169. The Hall–Kier alpha value is -6.88. The maximum atomic E-state index is 13.4. The number of ketones is 2. The van der Waals surface area contributed by atoms with E-state index in [0.717, 1.165) is 18.3 Å². The molecule has 0 aliphatic carbocycles. The quantitative estimate of drug-likeness (QED) is 0.0738. The van der Waals surface area contributed by atoms with Crippen LogP contribution in [-0.4, -0.2) is 122 Å². The van der Waals surface area contributed by atoms with Gasteiger partial charge in [0.25, 0.3) is 0 Å². The molecule has 4 amide bonds. The summed E-state index contributed by atoms with van der Waals surface area (Å²) in [5.41, 5.74) is 1.13. The molecule has 11 rings (SSSR count). The molecule has 0 unspecified atom stereocenters. The number of Topliss-reactive ketones (excluding diaryl/α,β-unsaturated/α-hetero) is 2. The number of amides is 4. The Bertz CT molecular complexity index is 3350. The van der Waals surface area contributed by atoms with Crippen molar-refractivity contribution in [3.05, 3.63) is 99.9 Å². The van der Waals surface area contributed by atoms with Crippen LogP contribution in [0.5, 0.6) is 0 Å². The summed E-state index contributed by atoms with van der Waals surface area (Å²) in [4.78, 5) is 83.3. The molecule has 5 aliphatic heterocycles. The number of oxazole rings is 2. The summed E-state index contributed by atoms with van der Waals surface area (Å²) in [6, 6.07) is 8.14. The molecule has 0 aromatic carbocycles. The zero-order chi connectivity index (χ0) is 59.2. The van der Waals surface area contributed by atoms with E-state index in [9.17, 15) is 45.5 Å². The number of halogens is 9. The van der Waals surface area contributed by atoms with Gasteiger partial charge in [0.05, 0.1) is 68.9 Å².